The maximum atomic E-state index is 12.6. The van der Waals surface area contributed by atoms with Gasteiger partial charge in [0.1, 0.15) is 0 Å². The highest BCUT2D eigenvalue weighted by Crippen LogP contribution is 2.32. The van der Waals surface area contributed by atoms with Crippen LogP contribution in [0.15, 0.2) is 42.6 Å². The van der Waals surface area contributed by atoms with Gasteiger partial charge in [0.25, 0.3) is 0 Å². The molecule has 0 saturated carbocycles. The molecule has 2 rings (SSSR count). The lowest BCUT2D eigenvalue weighted by Gasteiger charge is -2.10. The summed E-state index contributed by atoms with van der Waals surface area (Å²) in [5, 5.41) is 0. The highest BCUT2D eigenvalue weighted by molar-refractivity contribution is 5.63. The minimum atomic E-state index is -4.32. The average molecular weight is 251 g/mol. The Balaban J connectivity index is 2.51. The van der Waals surface area contributed by atoms with Crippen molar-refractivity contribution in [1.82, 2.24) is 4.98 Å². The second-order valence-electron chi connectivity index (χ2n) is 3.94. The van der Waals surface area contributed by atoms with Gasteiger partial charge in [-0.25, -0.2) is 0 Å². The van der Waals surface area contributed by atoms with Crippen LogP contribution >= 0.6 is 0 Å². The Kier molecular flexibility index (Phi) is 3.36. The third kappa shape index (κ3) is 2.53. The smallest absolute Gasteiger partial charge is 0.256 e. The second-order valence-corrected chi connectivity index (χ2v) is 3.94. The molecule has 0 aliphatic heterocycles. The summed E-state index contributed by atoms with van der Waals surface area (Å²) >= 11 is 0. The van der Waals surface area contributed by atoms with Gasteiger partial charge in [0.15, 0.2) is 0 Å². The first-order valence-electron chi connectivity index (χ1n) is 5.64. The minimum Gasteiger partial charge on any atom is -0.256 e. The topological polar surface area (TPSA) is 12.9 Å². The predicted octanol–water partition coefficient (Wildman–Crippen LogP) is 4.33. The van der Waals surface area contributed by atoms with E-state index in [0.717, 1.165) is 24.1 Å². The zero-order valence-corrected chi connectivity index (χ0v) is 9.83. The van der Waals surface area contributed by atoms with Crippen LogP contribution < -0.4 is 0 Å². The van der Waals surface area contributed by atoms with E-state index in [9.17, 15) is 13.2 Å². The van der Waals surface area contributed by atoms with E-state index in [1.165, 1.54) is 6.07 Å². The first kappa shape index (κ1) is 12.6. The molecule has 0 spiro atoms. The molecular formula is C14H12F3N. The fourth-order valence-corrected chi connectivity index (χ4v) is 1.83. The fourth-order valence-electron chi connectivity index (χ4n) is 1.83. The van der Waals surface area contributed by atoms with Crippen LogP contribution in [-0.2, 0) is 12.6 Å². The number of aromatic nitrogens is 1. The van der Waals surface area contributed by atoms with Gasteiger partial charge in [-0.15, -0.1) is 0 Å². The number of alkyl halides is 3. The van der Waals surface area contributed by atoms with Crippen LogP contribution in [0.3, 0.4) is 0 Å². The molecule has 18 heavy (non-hydrogen) atoms. The summed E-state index contributed by atoms with van der Waals surface area (Å²) in [6.07, 6.45) is -1.99. The van der Waals surface area contributed by atoms with Gasteiger partial charge in [-0.2, -0.15) is 13.2 Å². The Morgan fingerprint density at radius 1 is 1.11 bits per heavy atom. The molecule has 0 aliphatic rings. The summed E-state index contributed by atoms with van der Waals surface area (Å²) in [7, 11) is 0. The summed E-state index contributed by atoms with van der Waals surface area (Å²) in [5.41, 5.74) is 1.41. The summed E-state index contributed by atoms with van der Waals surface area (Å²) in [6, 6.07) is 8.93. The summed E-state index contributed by atoms with van der Waals surface area (Å²) in [6.45, 7) is 1.95. The third-order valence-electron chi connectivity index (χ3n) is 2.74. The largest absolute Gasteiger partial charge is 0.416 e. The predicted molar refractivity (Wildman–Crippen MR) is 64.1 cm³/mol. The van der Waals surface area contributed by atoms with E-state index in [1.54, 1.807) is 18.3 Å². The molecule has 2 aromatic rings. The van der Waals surface area contributed by atoms with Crippen molar-refractivity contribution in [2.75, 3.05) is 0 Å². The molecule has 0 saturated heterocycles. The van der Waals surface area contributed by atoms with Crippen LogP contribution in [0, 0.1) is 0 Å². The fraction of sp³-hybridized carbons (Fsp3) is 0.214. The van der Waals surface area contributed by atoms with Crippen molar-refractivity contribution in [3.05, 3.63) is 53.7 Å². The number of pyridine rings is 1. The van der Waals surface area contributed by atoms with Gasteiger partial charge in [-0.1, -0.05) is 25.1 Å². The van der Waals surface area contributed by atoms with Gasteiger partial charge in [0.2, 0.25) is 0 Å². The molecule has 0 fully saturated rings. The van der Waals surface area contributed by atoms with Crippen molar-refractivity contribution in [3.8, 4) is 11.3 Å². The Bertz CT molecular complexity index is 547. The molecule has 0 radical (unpaired) electrons. The molecule has 1 nitrogen and oxygen atoms in total. The lowest BCUT2D eigenvalue weighted by atomic mass is 10.0. The number of nitrogens with zero attached hydrogens (tertiary/aromatic N) is 1. The van der Waals surface area contributed by atoms with Crippen molar-refractivity contribution in [3.63, 3.8) is 0 Å². The van der Waals surface area contributed by atoms with Crippen molar-refractivity contribution >= 4 is 0 Å². The second kappa shape index (κ2) is 4.80. The quantitative estimate of drug-likeness (QED) is 0.774. The average Bonchev–Trinajstić information content (AvgIpc) is 2.38. The normalized spacial score (nSPS) is 11.6. The summed E-state index contributed by atoms with van der Waals surface area (Å²) in [5.74, 6) is 0. The summed E-state index contributed by atoms with van der Waals surface area (Å²) < 4.78 is 37.9. The Morgan fingerprint density at radius 3 is 2.56 bits per heavy atom. The Morgan fingerprint density at radius 2 is 1.89 bits per heavy atom. The van der Waals surface area contributed by atoms with Gasteiger partial charge in [0, 0.05) is 11.8 Å². The molecule has 0 N–H and O–H groups in total. The first-order valence-corrected chi connectivity index (χ1v) is 5.64. The number of rotatable bonds is 2. The van der Waals surface area contributed by atoms with Gasteiger partial charge < -0.3 is 0 Å². The highest BCUT2D eigenvalue weighted by Gasteiger charge is 2.30. The van der Waals surface area contributed by atoms with E-state index >= 15 is 0 Å². The molecule has 0 aliphatic carbocycles. The van der Waals surface area contributed by atoms with Gasteiger partial charge in [-0.05, 0) is 30.2 Å². The van der Waals surface area contributed by atoms with Crippen LogP contribution in [0.5, 0.6) is 0 Å². The van der Waals surface area contributed by atoms with Crippen molar-refractivity contribution in [2.24, 2.45) is 0 Å². The molecule has 1 aromatic carbocycles. The zero-order chi connectivity index (χ0) is 13.2. The molecule has 0 unspecified atom stereocenters. The van der Waals surface area contributed by atoms with Gasteiger partial charge in [-0.3, -0.25) is 4.98 Å². The first-order chi connectivity index (χ1) is 8.52. The van der Waals surface area contributed by atoms with Crippen LogP contribution in [0.1, 0.15) is 18.1 Å². The standard InChI is InChI=1S/C14H12F3N/c1-2-10-6-4-8-18-13(10)11-5-3-7-12(9-11)14(15,16)17/h3-9H,2H2,1H3. The zero-order valence-electron chi connectivity index (χ0n) is 9.83. The summed E-state index contributed by atoms with van der Waals surface area (Å²) in [4.78, 5) is 4.18. The highest BCUT2D eigenvalue weighted by atomic mass is 19.4. The van der Waals surface area contributed by atoms with Crippen molar-refractivity contribution in [2.45, 2.75) is 19.5 Å². The van der Waals surface area contributed by atoms with E-state index in [1.807, 2.05) is 13.0 Å². The van der Waals surface area contributed by atoms with Crippen LogP contribution in [-0.4, -0.2) is 4.98 Å². The number of halogens is 3. The van der Waals surface area contributed by atoms with E-state index < -0.39 is 11.7 Å². The molecule has 0 atom stereocenters. The van der Waals surface area contributed by atoms with Crippen LogP contribution in [0.25, 0.3) is 11.3 Å². The number of aryl methyl sites for hydroxylation is 1. The maximum Gasteiger partial charge on any atom is 0.416 e. The Labute approximate surface area is 103 Å². The monoisotopic (exact) mass is 251 g/mol. The number of hydrogen-bond donors (Lipinski definition) is 0. The molecule has 1 aromatic heterocycles. The van der Waals surface area contributed by atoms with Gasteiger partial charge >= 0.3 is 6.18 Å². The van der Waals surface area contributed by atoms with Crippen LogP contribution in [0.2, 0.25) is 0 Å². The van der Waals surface area contributed by atoms with Crippen molar-refractivity contribution < 1.29 is 13.2 Å². The SMILES string of the molecule is CCc1cccnc1-c1cccc(C(F)(F)F)c1. The Hall–Kier alpha value is -1.84. The lowest BCUT2D eigenvalue weighted by molar-refractivity contribution is -0.137. The molecule has 0 bridgehead atoms. The lowest BCUT2D eigenvalue weighted by Crippen LogP contribution is -2.04. The van der Waals surface area contributed by atoms with E-state index in [4.69, 9.17) is 0 Å². The number of hydrogen-bond acceptors (Lipinski definition) is 1. The molecule has 4 heteroatoms. The maximum absolute atomic E-state index is 12.6. The van der Waals surface area contributed by atoms with E-state index in [-0.39, 0.29) is 0 Å². The van der Waals surface area contributed by atoms with E-state index in [2.05, 4.69) is 4.98 Å². The molecule has 0 amide bonds. The van der Waals surface area contributed by atoms with E-state index in [0.29, 0.717) is 11.3 Å². The van der Waals surface area contributed by atoms with Crippen LogP contribution in [0.4, 0.5) is 13.2 Å². The molecular weight excluding hydrogens is 239 g/mol. The molecule has 94 valence electrons. The number of benzene rings is 1. The molecule has 1 heterocycles. The minimum absolute atomic E-state index is 0.502. The third-order valence-corrected chi connectivity index (χ3v) is 2.74. The van der Waals surface area contributed by atoms with Crippen molar-refractivity contribution in [1.29, 1.82) is 0 Å². The van der Waals surface area contributed by atoms with Gasteiger partial charge in [0.05, 0.1) is 11.3 Å².